The van der Waals surface area contributed by atoms with Gasteiger partial charge in [0.05, 0.1) is 11.0 Å². The molecule has 2 unspecified atom stereocenters. The molecule has 0 amide bonds. The van der Waals surface area contributed by atoms with Crippen molar-refractivity contribution in [2.75, 3.05) is 6.54 Å². The summed E-state index contributed by atoms with van der Waals surface area (Å²) < 4.78 is 0.829. The zero-order valence-electron chi connectivity index (χ0n) is 10.5. The molecule has 0 saturated heterocycles. The third-order valence-electron chi connectivity index (χ3n) is 3.58. The number of hydrogen-bond donors (Lipinski definition) is 2. The molecule has 1 aromatic carbocycles. The van der Waals surface area contributed by atoms with E-state index < -0.39 is 0 Å². The first-order valence-corrected chi connectivity index (χ1v) is 7.19. The van der Waals surface area contributed by atoms with Crippen LogP contribution in [0, 0.1) is 16.0 Å². The summed E-state index contributed by atoms with van der Waals surface area (Å²) in [7, 11) is 0. The number of rotatable bonds is 5. The Bertz CT molecular complexity index is 467. The lowest BCUT2D eigenvalue weighted by molar-refractivity contribution is -0.385. The highest BCUT2D eigenvalue weighted by molar-refractivity contribution is 9.10. The Morgan fingerprint density at radius 3 is 2.89 bits per heavy atom. The number of nitrogens with one attached hydrogen (secondary N) is 1. The molecule has 0 heterocycles. The Morgan fingerprint density at radius 1 is 1.47 bits per heavy atom. The number of nitro benzene ring substituents is 1. The molecule has 1 aliphatic carbocycles. The summed E-state index contributed by atoms with van der Waals surface area (Å²) >= 11 is 3.32. The van der Waals surface area contributed by atoms with Crippen LogP contribution in [0.15, 0.2) is 22.7 Å². The first-order chi connectivity index (χ1) is 9.08. The first kappa shape index (κ1) is 14.4. The smallest absolute Gasteiger partial charge is 0.273 e. The van der Waals surface area contributed by atoms with Gasteiger partial charge >= 0.3 is 0 Å². The topological polar surface area (TPSA) is 75.4 Å². The van der Waals surface area contributed by atoms with E-state index in [-0.39, 0.29) is 22.6 Å². The second kappa shape index (κ2) is 6.45. The number of halogens is 1. The molecule has 6 heteroatoms. The molecule has 0 spiro atoms. The van der Waals surface area contributed by atoms with Gasteiger partial charge in [0.2, 0.25) is 0 Å². The molecule has 0 aromatic heterocycles. The quantitative estimate of drug-likeness (QED) is 0.643. The maximum Gasteiger partial charge on any atom is 0.273 e. The first-order valence-electron chi connectivity index (χ1n) is 6.39. The molecule has 19 heavy (non-hydrogen) atoms. The van der Waals surface area contributed by atoms with Crippen molar-refractivity contribution < 1.29 is 10.0 Å². The van der Waals surface area contributed by atoms with E-state index in [1.54, 1.807) is 12.1 Å². The predicted molar refractivity (Wildman–Crippen MR) is 75.9 cm³/mol. The molecule has 104 valence electrons. The molecule has 1 aromatic rings. The number of hydrogen-bond acceptors (Lipinski definition) is 4. The Kier molecular flexibility index (Phi) is 4.90. The average molecular weight is 329 g/mol. The van der Waals surface area contributed by atoms with Crippen molar-refractivity contribution >= 4 is 21.6 Å². The van der Waals surface area contributed by atoms with Gasteiger partial charge in [-0.1, -0.05) is 22.4 Å². The highest BCUT2D eigenvalue weighted by Gasteiger charge is 2.24. The van der Waals surface area contributed by atoms with Gasteiger partial charge in [-0.2, -0.15) is 0 Å². The monoisotopic (exact) mass is 328 g/mol. The molecule has 1 aliphatic rings. The van der Waals surface area contributed by atoms with E-state index in [0.29, 0.717) is 18.7 Å². The van der Waals surface area contributed by atoms with E-state index in [9.17, 15) is 15.2 Å². The van der Waals surface area contributed by atoms with Crippen molar-refractivity contribution in [1.82, 2.24) is 5.32 Å². The molecule has 1 fully saturated rings. The van der Waals surface area contributed by atoms with Gasteiger partial charge in [-0.15, -0.1) is 0 Å². The Labute approximate surface area is 120 Å². The second-order valence-corrected chi connectivity index (χ2v) is 5.84. The van der Waals surface area contributed by atoms with Gasteiger partial charge in [0.15, 0.2) is 0 Å². The molecule has 2 rings (SSSR count). The number of aliphatic hydroxyl groups excluding tert-OH is 1. The summed E-state index contributed by atoms with van der Waals surface area (Å²) in [6.45, 7) is 1.14. The van der Waals surface area contributed by atoms with Crippen molar-refractivity contribution in [3.63, 3.8) is 0 Å². The van der Waals surface area contributed by atoms with E-state index in [4.69, 9.17) is 0 Å². The zero-order chi connectivity index (χ0) is 13.8. The number of nitrogens with zero attached hydrogens (tertiary/aromatic N) is 1. The van der Waals surface area contributed by atoms with E-state index in [1.807, 2.05) is 0 Å². The number of aliphatic hydroxyl groups is 1. The largest absolute Gasteiger partial charge is 0.393 e. The van der Waals surface area contributed by atoms with E-state index in [2.05, 4.69) is 21.2 Å². The lowest BCUT2D eigenvalue weighted by atomic mass is 10.1. The summed E-state index contributed by atoms with van der Waals surface area (Å²) in [5.41, 5.74) is 0.787. The van der Waals surface area contributed by atoms with Crippen LogP contribution in [0.4, 0.5) is 5.69 Å². The lowest BCUT2D eigenvalue weighted by Crippen LogP contribution is -2.27. The molecule has 5 nitrogen and oxygen atoms in total. The molecule has 2 N–H and O–H groups in total. The predicted octanol–water partition coefficient (Wildman–Crippen LogP) is 2.61. The third-order valence-corrected chi connectivity index (χ3v) is 4.07. The van der Waals surface area contributed by atoms with Crippen LogP contribution in [-0.2, 0) is 6.54 Å². The minimum absolute atomic E-state index is 0.127. The molecule has 0 bridgehead atoms. The van der Waals surface area contributed by atoms with Gasteiger partial charge in [0.1, 0.15) is 0 Å². The highest BCUT2D eigenvalue weighted by Crippen LogP contribution is 2.26. The summed E-state index contributed by atoms with van der Waals surface area (Å²) in [6.07, 6.45) is 2.72. The van der Waals surface area contributed by atoms with Crippen LogP contribution in [0.1, 0.15) is 24.8 Å². The normalized spacial score (nSPS) is 22.6. The second-order valence-electron chi connectivity index (χ2n) is 4.92. The SMILES string of the molecule is O=[N+]([O-])c1ccc(Br)cc1CNCC1CCCC1O. The third kappa shape index (κ3) is 3.75. The maximum absolute atomic E-state index is 10.9. The summed E-state index contributed by atoms with van der Waals surface area (Å²) in [5, 5.41) is 23.9. The van der Waals surface area contributed by atoms with Gasteiger partial charge in [-0.3, -0.25) is 10.1 Å². The maximum atomic E-state index is 10.9. The molecule has 1 saturated carbocycles. The van der Waals surface area contributed by atoms with Gasteiger partial charge in [0, 0.05) is 29.2 Å². The molecular formula is C13H17BrN2O3. The van der Waals surface area contributed by atoms with Crippen molar-refractivity contribution in [3.8, 4) is 0 Å². The van der Waals surface area contributed by atoms with E-state index in [0.717, 1.165) is 23.7 Å². The minimum atomic E-state index is -0.367. The molecule has 0 aliphatic heterocycles. The van der Waals surface area contributed by atoms with Crippen LogP contribution in [-0.4, -0.2) is 22.7 Å². The minimum Gasteiger partial charge on any atom is -0.393 e. The van der Waals surface area contributed by atoms with Gasteiger partial charge in [0.25, 0.3) is 5.69 Å². The van der Waals surface area contributed by atoms with Crippen molar-refractivity contribution in [2.45, 2.75) is 31.9 Å². The fourth-order valence-electron chi connectivity index (χ4n) is 2.52. The Balaban J connectivity index is 1.95. The fraction of sp³-hybridized carbons (Fsp3) is 0.538. The van der Waals surface area contributed by atoms with Gasteiger partial charge in [-0.25, -0.2) is 0 Å². The Morgan fingerprint density at radius 2 is 2.26 bits per heavy atom. The number of benzene rings is 1. The number of nitro groups is 1. The van der Waals surface area contributed by atoms with Crippen molar-refractivity contribution in [3.05, 3.63) is 38.3 Å². The van der Waals surface area contributed by atoms with Crippen LogP contribution < -0.4 is 5.32 Å². The van der Waals surface area contributed by atoms with Crippen LogP contribution >= 0.6 is 15.9 Å². The average Bonchev–Trinajstić information content (AvgIpc) is 2.75. The molecule has 2 atom stereocenters. The zero-order valence-corrected chi connectivity index (χ0v) is 12.1. The Hall–Kier alpha value is -0.980. The van der Waals surface area contributed by atoms with Crippen LogP contribution in [0.25, 0.3) is 0 Å². The summed E-state index contributed by atoms with van der Waals surface area (Å²) in [6, 6.07) is 4.93. The fourth-order valence-corrected chi connectivity index (χ4v) is 2.93. The summed E-state index contributed by atoms with van der Waals surface area (Å²) in [4.78, 5) is 10.6. The molecule has 0 radical (unpaired) electrons. The van der Waals surface area contributed by atoms with Crippen LogP contribution in [0.2, 0.25) is 0 Å². The van der Waals surface area contributed by atoms with Crippen LogP contribution in [0.3, 0.4) is 0 Å². The van der Waals surface area contributed by atoms with E-state index in [1.165, 1.54) is 6.07 Å². The summed E-state index contributed by atoms with van der Waals surface area (Å²) in [5.74, 6) is 0.270. The highest BCUT2D eigenvalue weighted by atomic mass is 79.9. The van der Waals surface area contributed by atoms with Crippen LogP contribution in [0.5, 0.6) is 0 Å². The van der Waals surface area contributed by atoms with Gasteiger partial charge < -0.3 is 10.4 Å². The van der Waals surface area contributed by atoms with Gasteiger partial charge in [-0.05, 0) is 30.9 Å². The standard InChI is InChI=1S/C13H17BrN2O3/c14-11-4-5-12(16(18)19)10(6-11)8-15-7-9-2-1-3-13(9)17/h4-6,9,13,15,17H,1-3,7-8H2. The van der Waals surface area contributed by atoms with Crippen molar-refractivity contribution in [1.29, 1.82) is 0 Å². The lowest BCUT2D eigenvalue weighted by Gasteiger charge is -2.15. The van der Waals surface area contributed by atoms with Crippen molar-refractivity contribution in [2.24, 2.45) is 5.92 Å². The molecular weight excluding hydrogens is 312 g/mol. The van der Waals surface area contributed by atoms with E-state index >= 15 is 0 Å².